The second kappa shape index (κ2) is 6.36. The van der Waals surface area contributed by atoms with Crippen molar-refractivity contribution in [3.05, 3.63) is 18.7 Å². The summed E-state index contributed by atoms with van der Waals surface area (Å²) in [5.74, 6) is 0.0105. The highest BCUT2D eigenvalue weighted by atomic mass is 16.2. The Bertz CT molecular complexity index is 430. The molecule has 1 aliphatic rings. The Morgan fingerprint density at radius 2 is 2.26 bits per heavy atom. The molecule has 6 nitrogen and oxygen atoms in total. The molecule has 1 N–H and O–H groups in total. The molecule has 0 spiro atoms. The predicted octanol–water partition coefficient (Wildman–Crippen LogP) is 0.400. The van der Waals surface area contributed by atoms with E-state index in [4.69, 9.17) is 0 Å². The van der Waals surface area contributed by atoms with Gasteiger partial charge in [-0.25, -0.2) is 4.98 Å². The third-order valence-corrected chi connectivity index (χ3v) is 3.37. The van der Waals surface area contributed by atoms with Crippen LogP contribution >= 0.6 is 0 Å². The molecule has 6 heteroatoms. The number of hydrogen-bond donors (Lipinski definition) is 1. The van der Waals surface area contributed by atoms with E-state index in [2.05, 4.69) is 10.3 Å². The Balaban J connectivity index is 1.87. The molecule has 1 fully saturated rings. The number of carbonyl (C=O) groups is 2. The van der Waals surface area contributed by atoms with Gasteiger partial charge in [0.2, 0.25) is 11.8 Å². The lowest BCUT2D eigenvalue weighted by Gasteiger charge is -2.23. The lowest BCUT2D eigenvalue weighted by atomic mass is 10.2. The van der Waals surface area contributed by atoms with Crippen LogP contribution < -0.4 is 5.32 Å². The number of aromatic nitrogens is 2. The number of amides is 2. The Hall–Kier alpha value is -1.85. The van der Waals surface area contributed by atoms with Gasteiger partial charge in [0.05, 0.1) is 6.33 Å². The molecule has 1 atom stereocenters. The molecule has 0 aliphatic carbocycles. The van der Waals surface area contributed by atoms with Crippen LogP contribution in [0.4, 0.5) is 0 Å². The summed E-state index contributed by atoms with van der Waals surface area (Å²) >= 11 is 0. The molecule has 1 aromatic rings. The van der Waals surface area contributed by atoms with Crippen LogP contribution in [0.5, 0.6) is 0 Å². The molecule has 1 aliphatic heterocycles. The second-order valence-electron chi connectivity index (χ2n) is 4.76. The Morgan fingerprint density at radius 3 is 2.95 bits per heavy atom. The Morgan fingerprint density at radius 1 is 1.42 bits per heavy atom. The minimum Gasteiger partial charge on any atom is -0.344 e. The quantitative estimate of drug-likeness (QED) is 0.837. The third-order valence-electron chi connectivity index (χ3n) is 3.37. The topological polar surface area (TPSA) is 67.2 Å². The average Bonchev–Trinajstić information content (AvgIpc) is 2.87. The van der Waals surface area contributed by atoms with Crippen LogP contribution in [0.3, 0.4) is 0 Å². The number of aryl methyl sites for hydroxylation is 1. The first-order valence-electron chi connectivity index (χ1n) is 6.74. The normalized spacial score (nSPS) is 20.3. The lowest BCUT2D eigenvalue weighted by Crippen LogP contribution is -2.44. The summed E-state index contributed by atoms with van der Waals surface area (Å²) in [4.78, 5) is 29.5. The Kier molecular flexibility index (Phi) is 4.54. The number of rotatable bonds is 5. The van der Waals surface area contributed by atoms with Crippen LogP contribution in [0, 0.1) is 0 Å². The molecule has 104 valence electrons. The van der Waals surface area contributed by atoms with E-state index < -0.39 is 0 Å². The highest BCUT2D eigenvalue weighted by Gasteiger charge is 2.27. The van der Waals surface area contributed by atoms with Crippen LogP contribution in [-0.2, 0) is 16.1 Å². The van der Waals surface area contributed by atoms with Crippen molar-refractivity contribution in [3.8, 4) is 0 Å². The fourth-order valence-electron chi connectivity index (χ4n) is 2.26. The second-order valence-corrected chi connectivity index (χ2v) is 4.76. The first kappa shape index (κ1) is 13.6. The maximum absolute atomic E-state index is 12.2. The number of hydrogen-bond acceptors (Lipinski definition) is 3. The zero-order chi connectivity index (χ0) is 13.7. The smallest absolute Gasteiger partial charge is 0.245 e. The molecule has 19 heavy (non-hydrogen) atoms. The van der Waals surface area contributed by atoms with Gasteiger partial charge in [-0.05, 0) is 12.8 Å². The summed E-state index contributed by atoms with van der Waals surface area (Å²) in [5, 5.41) is 2.77. The predicted molar refractivity (Wildman–Crippen MR) is 70.3 cm³/mol. The first-order chi connectivity index (χ1) is 9.20. The molecule has 0 bridgehead atoms. The first-order valence-corrected chi connectivity index (χ1v) is 6.74. The summed E-state index contributed by atoms with van der Waals surface area (Å²) in [6, 6.07) is -0.358. The number of carbonyl (C=O) groups excluding carboxylic acids is 2. The fourth-order valence-corrected chi connectivity index (χ4v) is 2.26. The molecular weight excluding hydrogens is 244 g/mol. The zero-order valence-electron chi connectivity index (χ0n) is 11.2. The highest BCUT2D eigenvalue weighted by Crippen LogP contribution is 2.07. The molecule has 2 heterocycles. The van der Waals surface area contributed by atoms with Crippen LogP contribution in [0.2, 0.25) is 0 Å². The van der Waals surface area contributed by atoms with Gasteiger partial charge < -0.3 is 14.8 Å². The van der Waals surface area contributed by atoms with Gasteiger partial charge in [-0.3, -0.25) is 9.59 Å². The van der Waals surface area contributed by atoms with E-state index in [1.54, 1.807) is 17.4 Å². The van der Waals surface area contributed by atoms with Crippen LogP contribution in [-0.4, -0.2) is 45.4 Å². The van der Waals surface area contributed by atoms with Gasteiger partial charge in [-0.1, -0.05) is 6.92 Å². The summed E-state index contributed by atoms with van der Waals surface area (Å²) in [6.07, 6.45) is 7.32. The molecule has 2 rings (SSSR count). The minimum absolute atomic E-state index is 0.0303. The van der Waals surface area contributed by atoms with Crippen molar-refractivity contribution in [1.82, 2.24) is 19.8 Å². The van der Waals surface area contributed by atoms with Gasteiger partial charge >= 0.3 is 0 Å². The maximum Gasteiger partial charge on any atom is 0.245 e. The van der Waals surface area contributed by atoms with Crippen LogP contribution in [0.25, 0.3) is 0 Å². The van der Waals surface area contributed by atoms with Gasteiger partial charge in [-0.15, -0.1) is 0 Å². The summed E-state index contributed by atoms with van der Waals surface area (Å²) < 4.78 is 1.99. The minimum atomic E-state index is -0.358. The van der Waals surface area contributed by atoms with Gasteiger partial charge in [0.15, 0.2) is 0 Å². The SMILES string of the molecule is CCC1NC(=O)CCN(CCCn2ccnc2)C1=O. The van der Waals surface area contributed by atoms with E-state index in [0.29, 0.717) is 25.9 Å². The number of imidazole rings is 1. The van der Waals surface area contributed by atoms with Crippen molar-refractivity contribution in [2.45, 2.75) is 38.8 Å². The van der Waals surface area contributed by atoms with Gasteiger partial charge in [0.1, 0.15) is 6.04 Å². The molecule has 0 radical (unpaired) electrons. The van der Waals surface area contributed by atoms with Crippen molar-refractivity contribution < 1.29 is 9.59 Å². The standard InChI is InChI=1S/C13H20N4O2/c1-2-11-13(19)17(8-4-12(18)15-11)7-3-6-16-9-5-14-10-16/h5,9-11H,2-4,6-8H2,1H3,(H,15,18). The molecule has 0 saturated carbocycles. The van der Waals surface area contributed by atoms with Gasteiger partial charge in [0, 0.05) is 38.4 Å². The molecule has 1 aromatic heterocycles. The van der Waals surface area contributed by atoms with Gasteiger partial charge in [-0.2, -0.15) is 0 Å². The van der Waals surface area contributed by atoms with E-state index in [0.717, 1.165) is 13.0 Å². The summed E-state index contributed by atoms with van der Waals surface area (Å²) in [5.41, 5.74) is 0. The molecule has 1 unspecified atom stereocenters. The number of nitrogens with one attached hydrogen (secondary N) is 1. The van der Waals surface area contributed by atoms with E-state index >= 15 is 0 Å². The van der Waals surface area contributed by atoms with Crippen LogP contribution in [0.15, 0.2) is 18.7 Å². The maximum atomic E-state index is 12.2. The van der Waals surface area contributed by atoms with E-state index in [1.165, 1.54) is 0 Å². The van der Waals surface area contributed by atoms with Crippen LogP contribution in [0.1, 0.15) is 26.2 Å². The van der Waals surface area contributed by atoms with Crippen molar-refractivity contribution >= 4 is 11.8 Å². The van der Waals surface area contributed by atoms with Crippen molar-refractivity contribution in [2.24, 2.45) is 0 Å². The highest BCUT2D eigenvalue weighted by molar-refractivity contribution is 5.89. The molecule has 2 amide bonds. The van der Waals surface area contributed by atoms with E-state index in [-0.39, 0.29) is 17.9 Å². The van der Waals surface area contributed by atoms with Crippen molar-refractivity contribution in [1.29, 1.82) is 0 Å². The molecular formula is C13H20N4O2. The van der Waals surface area contributed by atoms with E-state index in [1.807, 2.05) is 17.7 Å². The molecule has 0 aromatic carbocycles. The Labute approximate surface area is 112 Å². The average molecular weight is 264 g/mol. The third kappa shape index (κ3) is 3.56. The number of nitrogens with zero attached hydrogens (tertiary/aromatic N) is 3. The largest absolute Gasteiger partial charge is 0.344 e. The fraction of sp³-hybridized carbons (Fsp3) is 0.615. The van der Waals surface area contributed by atoms with Crippen molar-refractivity contribution in [2.75, 3.05) is 13.1 Å². The lowest BCUT2D eigenvalue weighted by molar-refractivity contribution is -0.133. The zero-order valence-corrected chi connectivity index (χ0v) is 11.2. The monoisotopic (exact) mass is 264 g/mol. The van der Waals surface area contributed by atoms with E-state index in [9.17, 15) is 9.59 Å². The van der Waals surface area contributed by atoms with Gasteiger partial charge in [0.25, 0.3) is 0 Å². The summed E-state index contributed by atoms with van der Waals surface area (Å²) in [6.45, 7) is 3.95. The van der Waals surface area contributed by atoms with Crippen molar-refractivity contribution in [3.63, 3.8) is 0 Å². The molecule has 1 saturated heterocycles. The summed E-state index contributed by atoms with van der Waals surface area (Å²) in [7, 11) is 0.